The van der Waals surface area contributed by atoms with E-state index >= 15 is 0 Å². The predicted octanol–water partition coefficient (Wildman–Crippen LogP) is 2.73. The molecule has 5 heteroatoms. The maximum Gasteiger partial charge on any atom is 0.228 e. The molecule has 0 spiro atoms. The highest BCUT2D eigenvalue weighted by Crippen LogP contribution is 2.25. The van der Waals surface area contributed by atoms with Gasteiger partial charge in [0.05, 0.1) is 5.69 Å². The van der Waals surface area contributed by atoms with Gasteiger partial charge in [0, 0.05) is 24.9 Å². The minimum Gasteiger partial charge on any atom is -0.309 e. The first-order chi connectivity index (χ1) is 10.2. The summed E-state index contributed by atoms with van der Waals surface area (Å²) in [5, 5.41) is 3.22. The number of likely N-dealkylation sites (tertiary alicyclic amines) is 1. The summed E-state index contributed by atoms with van der Waals surface area (Å²) < 4.78 is 0. The van der Waals surface area contributed by atoms with Crippen molar-refractivity contribution in [1.82, 2.24) is 19.9 Å². The molecule has 1 N–H and O–H groups in total. The Morgan fingerprint density at radius 2 is 2.14 bits per heavy atom. The largest absolute Gasteiger partial charge is 0.309 e. The standard InChI is InChI=1S/C16H21N5/c1-12-5-3-8-17-15(12)20-16-18-9-7-14(19-16)13-6-4-10-21(2)11-13/h3,5,7-9,13H,4,6,10-11H2,1-2H3,(H,17,18,19,20). The molecule has 3 heterocycles. The average Bonchev–Trinajstić information content (AvgIpc) is 2.50. The summed E-state index contributed by atoms with van der Waals surface area (Å²) in [7, 11) is 2.17. The molecule has 2 aromatic heterocycles. The number of rotatable bonds is 3. The molecule has 0 amide bonds. The van der Waals surface area contributed by atoms with Crippen LogP contribution in [0.25, 0.3) is 0 Å². The number of aryl methyl sites for hydroxylation is 1. The van der Waals surface area contributed by atoms with Crippen molar-refractivity contribution in [2.75, 3.05) is 25.5 Å². The van der Waals surface area contributed by atoms with Crippen LogP contribution in [-0.4, -0.2) is 40.0 Å². The quantitative estimate of drug-likeness (QED) is 0.938. The van der Waals surface area contributed by atoms with Crippen molar-refractivity contribution >= 4 is 11.8 Å². The second-order valence-corrected chi connectivity index (χ2v) is 5.70. The molecule has 0 aromatic carbocycles. The van der Waals surface area contributed by atoms with E-state index in [0.29, 0.717) is 11.9 Å². The van der Waals surface area contributed by atoms with E-state index in [1.807, 2.05) is 31.3 Å². The molecule has 5 nitrogen and oxygen atoms in total. The van der Waals surface area contributed by atoms with Crippen LogP contribution in [0, 0.1) is 6.92 Å². The summed E-state index contributed by atoms with van der Waals surface area (Å²) in [4.78, 5) is 15.7. The number of nitrogens with zero attached hydrogens (tertiary/aromatic N) is 4. The van der Waals surface area contributed by atoms with Crippen LogP contribution in [0.2, 0.25) is 0 Å². The van der Waals surface area contributed by atoms with Crippen LogP contribution in [0.5, 0.6) is 0 Å². The van der Waals surface area contributed by atoms with Crippen LogP contribution in [-0.2, 0) is 0 Å². The van der Waals surface area contributed by atoms with Gasteiger partial charge in [0.25, 0.3) is 0 Å². The first-order valence-electron chi connectivity index (χ1n) is 7.42. The lowest BCUT2D eigenvalue weighted by Crippen LogP contribution is -2.31. The highest BCUT2D eigenvalue weighted by molar-refractivity contribution is 5.52. The second kappa shape index (κ2) is 6.18. The molecule has 0 bridgehead atoms. The highest BCUT2D eigenvalue weighted by Gasteiger charge is 2.20. The van der Waals surface area contributed by atoms with Gasteiger partial charge in [-0.05, 0) is 51.1 Å². The lowest BCUT2D eigenvalue weighted by molar-refractivity contribution is 0.248. The summed E-state index contributed by atoms with van der Waals surface area (Å²) in [6.07, 6.45) is 6.03. The Morgan fingerprint density at radius 1 is 1.24 bits per heavy atom. The number of pyridine rings is 1. The number of piperidine rings is 1. The smallest absolute Gasteiger partial charge is 0.228 e. The van der Waals surface area contributed by atoms with Crippen molar-refractivity contribution in [1.29, 1.82) is 0 Å². The normalized spacial score (nSPS) is 19.4. The summed E-state index contributed by atoms with van der Waals surface area (Å²) >= 11 is 0. The highest BCUT2D eigenvalue weighted by atomic mass is 15.1. The van der Waals surface area contributed by atoms with Gasteiger partial charge in [-0.2, -0.15) is 0 Å². The number of hydrogen-bond acceptors (Lipinski definition) is 5. The van der Waals surface area contributed by atoms with E-state index in [0.717, 1.165) is 23.6 Å². The second-order valence-electron chi connectivity index (χ2n) is 5.70. The van der Waals surface area contributed by atoms with Gasteiger partial charge in [0.1, 0.15) is 5.82 Å². The molecule has 21 heavy (non-hydrogen) atoms. The Morgan fingerprint density at radius 3 is 2.95 bits per heavy atom. The maximum atomic E-state index is 4.68. The Hall–Kier alpha value is -2.01. The predicted molar refractivity (Wildman–Crippen MR) is 83.8 cm³/mol. The summed E-state index contributed by atoms with van der Waals surface area (Å²) in [6, 6.07) is 5.98. The van der Waals surface area contributed by atoms with Gasteiger partial charge in [-0.1, -0.05) is 6.07 Å². The molecule has 1 aliphatic rings. The summed E-state index contributed by atoms with van der Waals surface area (Å²) in [6.45, 7) is 4.27. The van der Waals surface area contributed by atoms with Crippen molar-refractivity contribution < 1.29 is 0 Å². The third kappa shape index (κ3) is 3.36. The molecule has 1 atom stereocenters. The fourth-order valence-corrected chi connectivity index (χ4v) is 2.79. The van der Waals surface area contributed by atoms with E-state index in [1.54, 1.807) is 6.20 Å². The van der Waals surface area contributed by atoms with Gasteiger partial charge >= 0.3 is 0 Å². The molecule has 1 fully saturated rings. The van der Waals surface area contributed by atoms with Crippen molar-refractivity contribution in [2.24, 2.45) is 0 Å². The van der Waals surface area contributed by atoms with Gasteiger partial charge in [-0.25, -0.2) is 15.0 Å². The molecule has 0 radical (unpaired) electrons. The molecular formula is C16H21N5. The van der Waals surface area contributed by atoms with Crippen molar-refractivity contribution in [3.8, 4) is 0 Å². The van der Waals surface area contributed by atoms with Gasteiger partial charge in [-0.3, -0.25) is 0 Å². The number of anilines is 2. The third-order valence-electron chi connectivity index (χ3n) is 3.96. The molecule has 1 aliphatic heterocycles. The lowest BCUT2D eigenvalue weighted by atomic mass is 9.95. The van der Waals surface area contributed by atoms with Crippen molar-refractivity contribution in [3.63, 3.8) is 0 Å². The van der Waals surface area contributed by atoms with E-state index in [1.165, 1.54) is 19.4 Å². The van der Waals surface area contributed by atoms with Gasteiger partial charge in [-0.15, -0.1) is 0 Å². The zero-order valence-electron chi connectivity index (χ0n) is 12.6. The Balaban J connectivity index is 1.78. The first-order valence-corrected chi connectivity index (χ1v) is 7.42. The number of nitrogens with one attached hydrogen (secondary N) is 1. The molecule has 0 aliphatic carbocycles. The van der Waals surface area contributed by atoms with E-state index in [4.69, 9.17) is 0 Å². The number of likely N-dealkylation sites (N-methyl/N-ethyl adjacent to an activating group) is 1. The van der Waals surface area contributed by atoms with Gasteiger partial charge < -0.3 is 10.2 Å². The molecule has 0 saturated carbocycles. The monoisotopic (exact) mass is 283 g/mol. The zero-order chi connectivity index (χ0) is 14.7. The SMILES string of the molecule is Cc1cccnc1Nc1nccc(C2CCCN(C)C2)n1. The first kappa shape index (κ1) is 13.9. The molecule has 1 unspecified atom stereocenters. The van der Waals surface area contributed by atoms with Crippen LogP contribution in [0.15, 0.2) is 30.6 Å². The van der Waals surface area contributed by atoms with Crippen LogP contribution in [0.1, 0.15) is 30.0 Å². The lowest BCUT2D eigenvalue weighted by Gasteiger charge is -2.29. The van der Waals surface area contributed by atoms with Gasteiger partial charge in [0.15, 0.2) is 0 Å². The summed E-state index contributed by atoms with van der Waals surface area (Å²) in [5.74, 6) is 1.94. The third-order valence-corrected chi connectivity index (χ3v) is 3.96. The molecule has 3 rings (SSSR count). The maximum absolute atomic E-state index is 4.68. The van der Waals surface area contributed by atoms with Crippen LogP contribution in [0.4, 0.5) is 11.8 Å². The minimum absolute atomic E-state index is 0.497. The number of aromatic nitrogens is 3. The van der Waals surface area contributed by atoms with Gasteiger partial charge in [0.2, 0.25) is 5.95 Å². The molecular weight excluding hydrogens is 262 g/mol. The van der Waals surface area contributed by atoms with E-state index in [9.17, 15) is 0 Å². The number of hydrogen-bond donors (Lipinski definition) is 1. The van der Waals surface area contributed by atoms with Crippen LogP contribution < -0.4 is 5.32 Å². The van der Waals surface area contributed by atoms with Crippen molar-refractivity contribution in [3.05, 3.63) is 41.9 Å². The Bertz CT molecular complexity index is 613. The molecule has 1 saturated heterocycles. The Kier molecular flexibility index (Phi) is 4.10. The van der Waals surface area contributed by atoms with Crippen LogP contribution >= 0.6 is 0 Å². The molecule has 110 valence electrons. The fraction of sp³-hybridized carbons (Fsp3) is 0.438. The molecule has 2 aromatic rings. The van der Waals surface area contributed by atoms with E-state index in [-0.39, 0.29) is 0 Å². The average molecular weight is 283 g/mol. The topological polar surface area (TPSA) is 53.9 Å². The Labute approximate surface area is 125 Å². The van der Waals surface area contributed by atoms with E-state index < -0.39 is 0 Å². The van der Waals surface area contributed by atoms with Crippen molar-refractivity contribution in [2.45, 2.75) is 25.7 Å². The fourth-order valence-electron chi connectivity index (χ4n) is 2.79. The summed E-state index contributed by atoms with van der Waals surface area (Å²) in [5.41, 5.74) is 2.21. The van der Waals surface area contributed by atoms with Crippen LogP contribution in [0.3, 0.4) is 0 Å². The van der Waals surface area contributed by atoms with E-state index in [2.05, 4.69) is 32.2 Å². The zero-order valence-corrected chi connectivity index (χ0v) is 12.6. The minimum atomic E-state index is 0.497.